The Bertz CT molecular complexity index is 1560. The smallest absolute Gasteiger partial charge is 0.419 e. The number of nitriles is 1. The summed E-state index contributed by atoms with van der Waals surface area (Å²) in [5.41, 5.74) is 1.60. The number of nitrogens with one attached hydrogen (secondary N) is 1. The van der Waals surface area contributed by atoms with E-state index < -0.39 is 41.1 Å². The molecule has 1 aliphatic rings. The summed E-state index contributed by atoms with van der Waals surface area (Å²) in [6.45, 7) is 8.39. The fourth-order valence-corrected chi connectivity index (χ4v) is 4.76. The van der Waals surface area contributed by atoms with E-state index >= 15 is 0 Å². The summed E-state index contributed by atoms with van der Waals surface area (Å²) in [5, 5.41) is 23.5. The Kier molecular flexibility index (Phi) is 8.89. The van der Waals surface area contributed by atoms with E-state index in [2.05, 4.69) is 18.0 Å². The quantitative estimate of drug-likeness (QED) is 0.408. The van der Waals surface area contributed by atoms with E-state index in [0.717, 1.165) is 16.7 Å². The molecule has 2 heterocycles. The summed E-state index contributed by atoms with van der Waals surface area (Å²) in [7, 11) is 1.65. The van der Waals surface area contributed by atoms with Crippen LogP contribution in [0.5, 0.6) is 0 Å². The maximum Gasteiger partial charge on any atom is 0.419 e. The number of carbonyl (C=O) groups is 2. The molecule has 0 spiro atoms. The molecule has 3 aromatic rings. The normalized spacial score (nSPS) is 19.9. The number of rotatable bonds is 7. The lowest BCUT2D eigenvalue weighted by Gasteiger charge is -2.31. The van der Waals surface area contributed by atoms with Crippen LogP contribution in [0.3, 0.4) is 0 Å². The molecule has 1 unspecified atom stereocenters. The molecule has 11 heteroatoms. The van der Waals surface area contributed by atoms with E-state index in [-0.39, 0.29) is 32.5 Å². The second-order valence-corrected chi connectivity index (χ2v) is 11.6. The van der Waals surface area contributed by atoms with E-state index in [1.54, 1.807) is 33.9 Å². The number of ether oxygens (including phenoxy) is 2. The number of carbonyl (C=O) groups excluding carboxylic acids is 2. The van der Waals surface area contributed by atoms with Crippen LogP contribution in [0.4, 0.5) is 4.79 Å². The number of aryl methyl sites for hydroxylation is 1. The predicted octanol–water partition coefficient (Wildman–Crippen LogP) is 3.29. The van der Waals surface area contributed by atoms with Crippen LogP contribution >= 0.6 is 0 Å². The molecule has 0 bridgehead atoms. The van der Waals surface area contributed by atoms with Crippen LogP contribution in [0.15, 0.2) is 64.3 Å². The highest BCUT2D eigenvalue weighted by atomic mass is 16.6. The SMILES string of the molecule is C=CCC1(O)CO[C@H](C(=O)N[C@H](C#N)Cc2ccc(-c3ccc4oc(=O)n(C)c4c3)cc2)CN(C(=O)OC(C)(C)C)C1. The zero-order valence-electron chi connectivity index (χ0n) is 24.3. The van der Waals surface area contributed by atoms with Gasteiger partial charge in [-0.15, -0.1) is 6.58 Å². The molecule has 2 N–H and O–H groups in total. The zero-order chi connectivity index (χ0) is 30.7. The molecule has 0 radical (unpaired) electrons. The second kappa shape index (κ2) is 12.2. The van der Waals surface area contributed by atoms with Crippen molar-refractivity contribution in [2.45, 2.75) is 57.0 Å². The molecule has 1 aromatic heterocycles. The van der Waals surface area contributed by atoms with Gasteiger partial charge >= 0.3 is 11.8 Å². The van der Waals surface area contributed by atoms with E-state index in [1.165, 1.54) is 15.5 Å². The van der Waals surface area contributed by atoms with Crippen molar-refractivity contribution in [1.29, 1.82) is 5.26 Å². The molecular weight excluding hydrogens is 540 g/mol. The zero-order valence-corrected chi connectivity index (χ0v) is 24.3. The van der Waals surface area contributed by atoms with Gasteiger partial charge in [-0.25, -0.2) is 9.59 Å². The van der Waals surface area contributed by atoms with Gasteiger partial charge in [0.25, 0.3) is 5.91 Å². The number of amides is 2. The van der Waals surface area contributed by atoms with Crippen LogP contribution in [-0.4, -0.2) is 69.6 Å². The highest BCUT2D eigenvalue weighted by molar-refractivity contribution is 5.83. The summed E-state index contributed by atoms with van der Waals surface area (Å²) in [5.74, 6) is -1.00. The molecule has 1 aliphatic heterocycles. The standard InChI is InChI=1S/C31H36N4O7/c1-6-13-31(39)18-35(29(38)42-30(2,3)4)17-26(40-19-31)27(36)33-23(16-32)14-20-7-9-21(10-8-20)22-11-12-25-24(15-22)34(5)28(37)41-25/h6-12,15,23,26,39H,1,13-14,17-19H2,2-5H3,(H,33,36)/t23-,26-,31?/m0/s1. The largest absolute Gasteiger partial charge is 0.444 e. The van der Waals surface area contributed by atoms with Crippen LogP contribution in [0.1, 0.15) is 32.8 Å². The number of benzene rings is 2. The van der Waals surface area contributed by atoms with Crippen LogP contribution < -0.4 is 11.1 Å². The summed E-state index contributed by atoms with van der Waals surface area (Å²) >= 11 is 0. The van der Waals surface area contributed by atoms with E-state index in [4.69, 9.17) is 13.9 Å². The van der Waals surface area contributed by atoms with Crippen LogP contribution in [0.25, 0.3) is 22.2 Å². The minimum Gasteiger partial charge on any atom is -0.444 e. The lowest BCUT2D eigenvalue weighted by atomic mass is 10.0. The highest BCUT2D eigenvalue weighted by Gasteiger charge is 2.40. The summed E-state index contributed by atoms with van der Waals surface area (Å²) in [4.78, 5) is 39.1. The van der Waals surface area contributed by atoms with Gasteiger partial charge in [0, 0.05) is 13.5 Å². The average Bonchev–Trinajstić information content (AvgIpc) is 3.09. The molecule has 1 fully saturated rings. The minimum atomic E-state index is -1.44. The third-order valence-electron chi connectivity index (χ3n) is 6.88. The van der Waals surface area contributed by atoms with Crippen LogP contribution in [-0.2, 0) is 27.7 Å². The van der Waals surface area contributed by atoms with Gasteiger partial charge in [-0.05, 0) is 56.0 Å². The molecular formula is C31H36N4O7. The number of aromatic nitrogens is 1. The van der Waals surface area contributed by atoms with Gasteiger partial charge in [0.1, 0.15) is 17.2 Å². The lowest BCUT2D eigenvalue weighted by Crippen LogP contribution is -2.50. The van der Waals surface area contributed by atoms with E-state index in [1.807, 2.05) is 36.4 Å². The predicted molar refractivity (Wildman–Crippen MR) is 155 cm³/mol. The monoisotopic (exact) mass is 576 g/mol. The van der Waals surface area contributed by atoms with Crippen molar-refractivity contribution in [3.63, 3.8) is 0 Å². The molecule has 3 atom stereocenters. The van der Waals surface area contributed by atoms with Crippen LogP contribution in [0.2, 0.25) is 0 Å². The van der Waals surface area contributed by atoms with Gasteiger partial charge < -0.3 is 29.2 Å². The Labute approximate surface area is 243 Å². The first-order valence-corrected chi connectivity index (χ1v) is 13.6. The van der Waals surface area contributed by atoms with Gasteiger partial charge in [-0.2, -0.15) is 5.26 Å². The van der Waals surface area contributed by atoms with Crippen molar-refractivity contribution in [3.8, 4) is 17.2 Å². The van der Waals surface area contributed by atoms with Crippen molar-refractivity contribution in [2.24, 2.45) is 7.05 Å². The number of fused-ring (bicyclic) bond motifs is 1. The molecule has 2 amide bonds. The number of aliphatic hydroxyl groups is 1. The fourth-order valence-electron chi connectivity index (χ4n) is 4.76. The molecule has 0 saturated carbocycles. The molecule has 4 rings (SSSR count). The van der Waals surface area contributed by atoms with E-state index in [9.17, 15) is 24.8 Å². The van der Waals surface area contributed by atoms with Crippen LogP contribution in [0, 0.1) is 11.3 Å². The van der Waals surface area contributed by atoms with Gasteiger partial charge in [0.15, 0.2) is 11.7 Å². The first kappa shape index (κ1) is 30.6. The third kappa shape index (κ3) is 7.26. The molecule has 11 nitrogen and oxygen atoms in total. The van der Waals surface area contributed by atoms with Crippen molar-refractivity contribution in [3.05, 3.63) is 71.2 Å². The number of β-amino-alcohol motifs (C(OH)–C–C–N with tert-alkyl or cyclic N) is 1. The third-order valence-corrected chi connectivity index (χ3v) is 6.88. The fraction of sp³-hybridized carbons (Fsp3) is 0.419. The Morgan fingerprint density at radius 3 is 2.60 bits per heavy atom. The van der Waals surface area contributed by atoms with Crippen molar-refractivity contribution in [1.82, 2.24) is 14.8 Å². The van der Waals surface area contributed by atoms with Crippen molar-refractivity contribution < 1.29 is 28.6 Å². The number of hydrogen-bond donors (Lipinski definition) is 2. The Balaban J connectivity index is 1.44. The maximum absolute atomic E-state index is 13.2. The van der Waals surface area contributed by atoms with Gasteiger partial charge in [-0.3, -0.25) is 9.36 Å². The second-order valence-electron chi connectivity index (χ2n) is 11.6. The van der Waals surface area contributed by atoms with Gasteiger partial charge in [-0.1, -0.05) is 36.4 Å². The van der Waals surface area contributed by atoms with Gasteiger partial charge in [0.05, 0.1) is 31.3 Å². The molecule has 2 aromatic carbocycles. The molecule has 1 saturated heterocycles. The summed E-state index contributed by atoms with van der Waals surface area (Å²) in [6.07, 6.45) is 0.0981. The number of oxazole rings is 1. The van der Waals surface area contributed by atoms with E-state index in [0.29, 0.717) is 11.1 Å². The van der Waals surface area contributed by atoms with Gasteiger partial charge in [0.2, 0.25) is 0 Å². The summed E-state index contributed by atoms with van der Waals surface area (Å²) < 4.78 is 17.9. The first-order valence-electron chi connectivity index (χ1n) is 13.6. The molecule has 222 valence electrons. The Hall–Kier alpha value is -4.40. The number of nitrogens with zero attached hydrogens (tertiary/aromatic N) is 3. The highest BCUT2D eigenvalue weighted by Crippen LogP contribution is 2.25. The average molecular weight is 577 g/mol. The maximum atomic E-state index is 13.2. The topological polar surface area (TPSA) is 147 Å². The van der Waals surface area contributed by atoms with Crippen molar-refractivity contribution >= 4 is 23.1 Å². The molecule has 42 heavy (non-hydrogen) atoms. The Morgan fingerprint density at radius 2 is 1.95 bits per heavy atom. The van der Waals surface area contributed by atoms with Crippen molar-refractivity contribution in [2.75, 3.05) is 19.7 Å². The summed E-state index contributed by atoms with van der Waals surface area (Å²) in [6, 6.07) is 14.3. The Morgan fingerprint density at radius 1 is 1.26 bits per heavy atom. The minimum absolute atomic E-state index is 0.102. The molecule has 0 aliphatic carbocycles. The number of hydrogen-bond acceptors (Lipinski definition) is 8. The lowest BCUT2D eigenvalue weighted by molar-refractivity contribution is -0.135. The first-order chi connectivity index (χ1) is 19.8.